The number of carboxylic acids is 1. The molecule has 0 spiro atoms. The molecule has 0 radical (unpaired) electrons. The van der Waals surface area contributed by atoms with Gasteiger partial charge in [0.2, 0.25) is 5.16 Å². The average Bonchev–Trinajstić information content (AvgIpc) is 2.40. The summed E-state index contributed by atoms with van der Waals surface area (Å²) in [7, 11) is -5.01. The summed E-state index contributed by atoms with van der Waals surface area (Å²) < 4.78 is 12.0. The molecule has 0 heterocycles. The highest BCUT2D eigenvalue weighted by atomic mass is 31.2. The number of carbonyl (C=O) groups is 1. The number of hydrogen-bond donors (Lipinski definition) is 3. The van der Waals surface area contributed by atoms with Gasteiger partial charge in [0.1, 0.15) is 0 Å². The molecule has 2 rings (SSSR count). The topological polar surface area (TPSA) is 94.8 Å². The number of rotatable bonds is 4. The van der Waals surface area contributed by atoms with Crippen LogP contribution in [0.2, 0.25) is 0 Å². The van der Waals surface area contributed by atoms with Crippen molar-refractivity contribution in [2.24, 2.45) is 0 Å². The SMILES string of the molecule is O=C(O)C(c1ccccc1)(c1ccccc1)P(=O)(O)O. The lowest BCUT2D eigenvalue weighted by molar-refractivity contribution is -0.139. The summed E-state index contributed by atoms with van der Waals surface area (Å²) in [4.78, 5) is 31.2. The van der Waals surface area contributed by atoms with Gasteiger partial charge in [-0.1, -0.05) is 60.7 Å². The highest BCUT2D eigenvalue weighted by Gasteiger charge is 2.56. The van der Waals surface area contributed by atoms with Gasteiger partial charge in [0.05, 0.1) is 0 Å². The predicted octanol–water partition coefficient (Wildman–Crippen LogP) is 2.19. The van der Waals surface area contributed by atoms with Gasteiger partial charge in [-0.25, -0.2) is 0 Å². The lowest BCUT2D eigenvalue weighted by atomic mass is 9.90. The molecule has 0 bridgehead atoms. The van der Waals surface area contributed by atoms with E-state index >= 15 is 0 Å². The van der Waals surface area contributed by atoms with E-state index in [-0.39, 0.29) is 11.1 Å². The lowest BCUT2D eigenvalue weighted by Gasteiger charge is -2.31. The van der Waals surface area contributed by atoms with E-state index in [2.05, 4.69) is 0 Å². The smallest absolute Gasteiger partial charge is 0.351 e. The van der Waals surface area contributed by atoms with Crippen LogP contribution >= 0.6 is 7.60 Å². The standard InChI is InChI=1S/C14H13O5P/c15-13(16)14(20(17,18)19,11-7-3-1-4-8-11)12-9-5-2-6-10-12/h1-10H,(H,15,16)(H2,17,18,19). The third-order valence-electron chi connectivity index (χ3n) is 3.13. The third-order valence-corrected chi connectivity index (χ3v) is 4.71. The molecule has 2 aromatic carbocycles. The first-order valence-corrected chi connectivity index (χ1v) is 7.42. The molecule has 2 aromatic rings. The Labute approximate surface area is 115 Å². The van der Waals surface area contributed by atoms with E-state index in [0.717, 1.165) is 0 Å². The van der Waals surface area contributed by atoms with Crippen LogP contribution in [-0.4, -0.2) is 20.9 Å². The largest absolute Gasteiger partial charge is 0.480 e. The van der Waals surface area contributed by atoms with Gasteiger partial charge in [0.15, 0.2) is 0 Å². The zero-order valence-electron chi connectivity index (χ0n) is 10.4. The summed E-state index contributed by atoms with van der Waals surface area (Å²) in [6.07, 6.45) is 0. The Morgan fingerprint density at radius 2 is 1.20 bits per heavy atom. The predicted molar refractivity (Wildman–Crippen MR) is 73.3 cm³/mol. The van der Waals surface area contributed by atoms with Crippen LogP contribution < -0.4 is 0 Å². The molecule has 0 unspecified atom stereocenters. The minimum absolute atomic E-state index is 0.0482. The molecular formula is C14H13O5P. The molecule has 0 aliphatic rings. The van der Waals surface area contributed by atoms with Crippen LogP contribution in [-0.2, 0) is 14.5 Å². The summed E-state index contributed by atoms with van der Waals surface area (Å²) in [6.45, 7) is 0. The van der Waals surface area contributed by atoms with E-state index in [1.54, 1.807) is 36.4 Å². The van der Waals surface area contributed by atoms with Crippen molar-refractivity contribution in [1.29, 1.82) is 0 Å². The molecule has 0 amide bonds. The minimum atomic E-state index is -5.01. The fourth-order valence-corrected chi connectivity index (χ4v) is 3.45. The van der Waals surface area contributed by atoms with Crippen molar-refractivity contribution in [3.63, 3.8) is 0 Å². The second-order valence-electron chi connectivity index (χ2n) is 4.29. The first-order chi connectivity index (χ1) is 9.40. The molecule has 0 aromatic heterocycles. The van der Waals surface area contributed by atoms with Crippen molar-refractivity contribution in [2.45, 2.75) is 5.16 Å². The second kappa shape index (κ2) is 5.21. The van der Waals surface area contributed by atoms with Gasteiger partial charge in [-0.15, -0.1) is 0 Å². The van der Waals surface area contributed by atoms with E-state index in [1.165, 1.54) is 24.3 Å². The fourth-order valence-electron chi connectivity index (χ4n) is 2.23. The van der Waals surface area contributed by atoms with Crippen LogP contribution in [0, 0.1) is 0 Å². The molecule has 0 saturated heterocycles. The molecule has 0 atom stereocenters. The number of hydrogen-bond acceptors (Lipinski definition) is 2. The monoisotopic (exact) mass is 292 g/mol. The summed E-state index contributed by atoms with van der Waals surface area (Å²) in [6, 6.07) is 15.1. The highest BCUT2D eigenvalue weighted by Crippen LogP contribution is 2.60. The molecule has 0 saturated carbocycles. The molecular weight excluding hydrogens is 279 g/mol. The van der Waals surface area contributed by atoms with Crippen molar-refractivity contribution in [3.8, 4) is 0 Å². The molecule has 3 N–H and O–H groups in total. The van der Waals surface area contributed by atoms with Crippen LogP contribution in [0.5, 0.6) is 0 Å². The Kier molecular flexibility index (Phi) is 3.77. The first kappa shape index (κ1) is 14.5. The maximum Gasteiger partial charge on any atom is 0.351 e. The Morgan fingerprint density at radius 3 is 1.45 bits per heavy atom. The van der Waals surface area contributed by atoms with Crippen LogP contribution in [0.3, 0.4) is 0 Å². The molecule has 0 aliphatic heterocycles. The van der Waals surface area contributed by atoms with E-state index in [1.807, 2.05) is 0 Å². The van der Waals surface area contributed by atoms with E-state index < -0.39 is 18.7 Å². The quantitative estimate of drug-likeness (QED) is 0.751. The molecule has 20 heavy (non-hydrogen) atoms. The zero-order valence-corrected chi connectivity index (χ0v) is 11.3. The number of aliphatic carboxylic acids is 1. The first-order valence-electron chi connectivity index (χ1n) is 5.81. The van der Waals surface area contributed by atoms with Crippen molar-refractivity contribution in [2.75, 3.05) is 0 Å². The third kappa shape index (κ3) is 2.16. The van der Waals surface area contributed by atoms with Crippen LogP contribution in [0.4, 0.5) is 0 Å². The van der Waals surface area contributed by atoms with Crippen LogP contribution in [0.25, 0.3) is 0 Å². The molecule has 104 valence electrons. The molecule has 0 fully saturated rings. The van der Waals surface area contributed by atoms with Crippen molar-refractivity contribution in [3.05, 3.63) is 71.8 Å². The molecule has 6 heteroatoms. The maximum atomic E-state index is 12.0. The Bertz CT molecular complexity index is 608. The highest BCUT2D eigenvalue weighted by molar-refractivity contribution is 7.54. The van der Waals surface area contributed by atoms with Crippen LogP contribution in [0.15, 0.2) is 60.7 Å². The maximum absolute atomic E-state index is 12.0. The molecule has 5 nitrogen and oxygen atoms in total. The van der Waals surface area contributed by atoms with E-state index in [0.29, 0.717) is 0 Å². The average molecular weight is 292 g/mol. The van der Waals surface area contributed by atoms with Gasteiger partial charge in [0, 0.05) is 0 Å². The summed E-state index contributed by atoms with van der Waals surface area (Å²) in [5.41, 5.74) is 0.0964. The lowest BCUT2D eigenvalue weighted by Crippen LogP contribution is -2.36. The van der Waals surface area contributed by atoms with E-state index in [9.17, 15) is 24.3 Å². The molecule has 0 aliphatic carbocycles. The summed E-state index contributed by atoms with van der Waals surface area (Å²) in [5, 5.41) is 7.18. The number of benzene rings is 2. The van der Waals surface area contributed by atoms with Crippen molar-refractivity contribution in [1.82, 2.24) is 0 Å². The zero-order chi connectivity index (χ0) is 14.8. The Balaban J connectivity index is 2.85. The van der Waals surface area contributed by atoms with Gasteiger partial charge in [-0.05, 0) is 11.1 Å². The number of carboxylic acid groups (broad SMARTS) is 1. The summed E-state index contributed by atoms with van der Waals surface area (Å²) in [5.74, 6) is -1.58. The second-order valence-corrected chi connectivity index (χ2v) is 6.05. The summed E-state index contributed by atoms with van der Waals surface area (Å²) >= 11 is 0. The minimum Gasteiger partial charge on any atom is -0.480 e. The van der Waals surface area contributed by atoms with Gasteiger partial charge < -0.3 is 14.9 Å². The normalized spacial score (nSPS) is 12.1. The Hall–Kier alpha value is -1.94. The van der Waals surface area contributed by atoms with Gasteiger partial charge in [-0.2, -0.15) is 0 Å². The van der Waals surface area contributed by atoms with Gasteiger partial charge in [0.25, 0.3) is 0 Å². The van der Waals surface area contributed by atoms with Gasteiger partial charge in [-0.3, -0.25) is 9.36 Å². The van der Waals surface area contributed by atoms with Crippen molar-refractivity contribution < 1.29 is 24.3 Å². The van der Waals surface area contributed by atoms with Crippen LogP contribution in [0.1, 0.15) is 11.1 Å². The Morgan fingerprint density at radius 1 is 0.850 bits per heavy atom. The van der Waals surface area contributed by atoms with E-state index in [4.69, 9.17) is 0 Å². The van der Waals surface area contributed by atoms with Gasteiger partial charge >= 0.3 is 13.6 Å². The fraction of sp³-hybridized carbons (Fsp3) is 0.0714. The van der Waals surface area contributed by atoms with Crippen molar-refractivity contribution >= 4 is 13.6 Å².